The summed E-state index contributed by atoms with van der Waals surface area (Å²) in [6, 6.07) is 3.00. The molecule has 6 heteroatoms. The molecule has 0 bridgehead atoms. The minimum Gasteiger partial charge on any atom is -0.493 e. The van der Waals surface area contributed by atoms with E-state index in [1.54, 1.807) is 25.3 Å². The number of nitrogens with one attached hydrogen (secondary N) is 1. The number of carbonyl (C=O) groups is 2. The van der Waals surface area contributed by atoms with Gasteiger partial charge in [0.1, 0.15) is 0 Å². The molecular weight excluding hydrogens is 334 g/mol. The molecule has 0 radical (unpaired) electrons. The second-order valence-corrected chi connectivity index (χ2v) is 6.53. The molecular formula is C20H27NO5. The Labute approximate surface area is 154 Å². The van der Waals surface area contributed by atoms with Crippen molar-refractivity contribution in [3.63, 3.8) is 0 Å². The van der Waals surface area contributed by atoms with Gasteiger partial charge in [-0.15, -0.1) is 6.58 Å². The number of benzene rings is 1. The predicted molar refractivity (Wildman–Crippen MR) is 98.9 cm³/mol. The molecule has 0 saturated heterocycles. The second-order valence-electron chi connectivity index (χ2n) is 6.53. The van der Waals surface area contributed by atoms with Crippen molar-refractivity contribution in [3.05, 3.63) is 35.9 Å². The van der Waals surface area contributed by atoms with Gasteiger partial charge in [0.05, 0.1) is 20.1 Å². The highest BCUT2D eigenvalue weighted by atomic mass is 16.5. The molecule has 1 amide bonds. The Morgan fingerprint density at radius 2 is 1.96 bits per heavy atom. The zero-order chi connectivity index (χ0) is 19.1. The molecule has 2 atom stereocenters. The largest absolute Gasteiger partial charge is 0.493 e. The van der Waals surface area contributed by atoms with E-state index < -0.39 is 11.9 Å². The number of hydrogen-bond donors (Lipinski definition) is 2. The Morgan fingerprint density at radius 1 is 1.23 bits per heavy atom. The Balaban J connectivity index is 2.28. The summed E-state index contributed by atoms with van der Waals surface area (Å²) in [5, 5.41) is 12.4. The second kappa shape index (κ2) is 9.27. The van der Waals surface area contributed by atoms with Gasteiger partial charge < -0.3 is 19.9 Å². The summed E-state index contributed by atoms with van der Waals surface area (Å²) in [7, 11) is 3.07. The molecule has 0 spiro atoms. The summed E-state index contributed by atoms with van der Waals surface area (Å²) in [5.41, 5.74) is 1.22. The molecule has 1 saturated carbocycles. The van der Waals surface area contributed by atoms with E-state index in [9.17, 15) is 14.7 Å². The Kier molecular flexibility index (Phi) is 7.06. The van der Waals surface area contributed by atoms with Gasteiger partial charge in [-0.3, -0.25) is 9.59 Å². The fraction of sp³-hybridized carbons (Fsp3) is 0.500. The SMILES string of the molecule is C=CCc1cc(C(=O)N[C@H]2CCCCC[C@H]2C(=O)O)cc(OC)c1OC. The molecule has 0 unspecified atom stereocenters. The average Bonchev–Trinajstić information content (AvgIpc) is 2.86. The maximum atomic E-state index is 12.8. The van der Waals surface area contributed by atoms with Crippen LogP contribution in [0.2, 0.25) is 0 Å². The van der Waals surface area contributed by atoms with E-state index in [1.807, 2.05) is 0 Å². The summed E-state index contributed by atoms with van der Waals surface area (Å²) in [6.45, 7) is 3.73. The number of aliphatic carboxylic acids is 1. The minimum absolute atomic E-state index is 0.297. The van der Waals surface area contributed by atoms with Crippen molar-refractivity contribution in [2.75, 3.05) is 14.2 Å². The third-order valence-electron chi connectivity index (χ3n) is 4.83. The summed E-state index contributed by atoms with van der Waals surface area (Å²) >= 11 is 0. The van der Waals surface area contributed by atoms with Crippen LogP contribution in [0.4, 0.5) is 0 Å². The molecule has 2 rings (SSSR count). The topological polar surface area (TPSA) is 84.9 Å². The number of ether oxygens (including phenoxy) is 2. The first-order chi connectivity index (χ1) is 12.5. The molecule has 0 aromatic heterocycles. The number of rotatable bonds is 7. The predicted octanol–water partition coefficient (Wildman–Crippen LogP) is 3.20. The van der Waals surface area contributed by atoms with Crippen LogP contribution in [0, 0.1) is 5.92 Å². The van der Waals surface area contributed by atoms with E-state index in [1.165, 1.54) is 7.11 Å². The van der Waals surface area contributed by atoms with Crippen molar-refractivity contribution >= 4 is 11.9 Å². The fourth-order valence-electron chi connectivity index (χ4n) is 3.51. The van der Waals surface area contributed by atoms with Gasteiger partial charge in [-0.25, -0.2) is 0 Å². The molecule has 142 valence electrons. The molecule has 1 aliphatic rings. The molecule has 1 fully saturated rings. The monoisotopic (exact) mass is 361 g/mol. The number of amides is 1. The zero-order valence-corrected chi connectivity index (χ0v) is 15.4. The lowest BCUT2D eigenvalue weighted by atomic mass is 9.94. The van der Waals surface area contributed by atoms with Crippen molar-refractivity contribution in [2.45, 2.75) is 44.6 Å². The Hall–Kier alpha value is -2.50. The van der Waals surface area contributed by atoms with Crippen LogP contribution in [-0.2, 0) is 11.2 Å². The number of allylic oxidation sites excluding steroid dienone is 1. The number of hydrogen-bond acceptors (Lipinski definition) is 4. The molecule has 6 nitrogen and oxygen atoms in total. The van der Waals surface area contributed by atoms with Crippen LogP contribution >= 0.6 is 0 Å². The smallest absolute Gasteiger partial charge is 0.308 e. The van der Waals surface area contributed by atoms with Crippen LogP contribution in [0.1, 0.15) is 48.0 Å². The Bertz CT molecular complexity index is 670. The van der Waals surface area contributed by atoms with Gasteiger partial charge >= 0.3 is 5.97 Å². The van der Waals surface area contributed by atoms with E-state index >= 15 is 0 Å². The van der Waals surface area contributed by atoms with Crippen LogP contribution in [0.5, 0.6) is 11.5 Å². The average molecular weight is 361 g/mol. The number of methoxy groups -OCH3 is 2. The summed E-state index contributed by atoms with van der Waals surface area (Å²) in [4.78, 5) is 24.4. The normalized spacial score (nSPS) is 19.9. The molecule has 1 aromatic rings. The first-order valence-electron chi connectivity index (χ1n) is 8.91. The standard InChI is InChI=1S/C20H27NO5/c1-4-8-13-11-14(12-17(25-2)18(13)26-3)19(22)21-16-10-7-5-6-9-15(16)20(23)24/h4,11-12,15-16H,1,5-10H2,2-3H3,(H,21,22)(H,23,24)/t15-,16+/m1/s1. The minimum atomic E-state index is -0.850. The van der Waals surface area contributed by atoms with Gasteiger partial charge in [0.15, 0.2) is 11.5 Å². The molecule has 2 N–H and O–H groups in total. The van der Waals surface area contributed by atoms with Crippen LogP contribution in [0.25, 0.3) is 0 Å². The first kappa shape index (κ1) is 19.8. The van der Waals surface area contributed by atoms with Gasteiger partial charge in [0.25, 0.3) is 5.91 Å². The summed E-state index contributed by atoms with van der Waals surface area (Å²) in [5.74, 6) is -0.657. The molecule has 1 aliphatic carbocycles. The van der Waals surface area contributed by atoms with Crippen molar-refractivity contribution < 1.29 is 24.2 Å². The van der Waals surface area contributed by atoms with Crippen LogP contribution in [0.3, 0.4) is 0 Å². The Morgan fingerprint density at radius 3 is 2.58 bits per heavy atom. The van der Waals surface area contributed by atoms with E-state index in [4.69, 9.17) is 9.47 Å². The summed E-state index contributed by atoms with van der Waals surface area (Å²) in [6.07, 6.45) is 6.32. The maximum absolute atomic E-state index is 12.8. The highest BCUT2D eigenvalue weighted by molar-refractivity contribution is 5.95. The molecule has 1 aromatic carbocycles. The first-order valence-corrected chi connectivity index (χ1v) is 8.91. The third kappa shape index (κ3) is 4.56. The van der Waals surface area contributed by atoms with Crippen LogP contribution in [-0.4, -0.2) is 37.2 Å². The maximum Gasteiger partial charge on any atom is 0.308 e. The van der Waals surface area contributed by atoms with Crippen molar-refractivity contribution in [1.29, 1.82) is 0 Å². The highest BCUT2D eigenvalue weighted by Crippen LogP contribution is 2.33. The van der Waals surface area contributed by atoms with Crippen molar-refractivity contribution in [2.24, 2.45) is 5.92 Å². The van der Waals surface area contributed by atoms with Crippen molar-refractivity contribution in [3.8, 4) is 11.5 Å². The number of carboxylic acids is 1. The summed E-state index contributed by atoms with van der Waals surface area (Å²) < 4.78 is 10.7. The highest BCUT2D eigenvalue weighted by Gasteiger charge is 2.31. The van der Waals surface area contributed by atoms with Crippen molar-refractivity contribution in [1.82, 2.24) is 5.32 Å². The van der Waals surface area contributed by atoms with Gasteiger partial charge in [-0.05, 0) is 31.4 Å². The van der Waals surface area contributed by atoms with Gasteiger partial charge in [-0.2, -0.15) is 0 Å². The van der Waals surface area contributed by atoms with Crippen LogP contribution in [0.15, 0.2) is 24.8 Å². The molecule has 0 aliphatic heterocycles. The lowest BCUT2D eigenvalue weighted by Crippen LogP contribution is -2.42. The lowest BCUT2D eigenvalue weighted by Gasteiger charge is -2.23. The molecule has 0 heterocycles. The van der Waals surface area contributed by atoms with E-state index in [0.717, 1.165) is 24.8 Å². The van der Waals surface area contributed by atoms with Gasteiger partial charge in [-0.1, -0.05) is 25.3 Å². The quantitative estimate of drug-likeness (QED) is 0.575. The number of carboxylic acid groups (broad SMARTS) is 1. The fourth-order valence-corrected chi connectivity index (χ4v) is 3.51. The number of carbonyl (C=O) groups excluding carboxylic acids is 1. The van der Waals surface area contributed by atoms with E-state index in [2.05, 4.69) is 11.9 Å². The van der Waals surface area contributed by atoms with Crippen LogP contribution < -0.4 is 14.8 Å². The van der Waals surface area contributed by atoms with Gasteiger partial charge in [0.2, 0.25) is 0 Å². The zero-order valence-electron chi connectivity index (χ0n) is 15.4. The van der Waals surface area contributed by atoms with E-state index in [0.29, 0.717) is 36.3 Å². The third-order valence-corrected chi connectivity index (χ3v) is 4.83. The molecule has 26 heavy (non-hydrogen) atoms. The van der Waals surface area contributed by atoms with Gasteiger partial charge in [0, 0.05) is 17.2 Å². The lowest BCUT2D eigenvalue weighted by molar-refractivity contribution is -0.142. The van der Waals surface area contributed by atoms with E-state index in [-0.39, 0.29) is 11.9 Å².